The van der Waals surface area contributed by atoms with E-state index in [-0.39, 0.29) is 33.8 Å². The molecule has 2 aliphatic heterocycles. The number of nitrogens with zero attached hydrogens (tertiary/aromatic N) is 2. The fraction of sp³-hybridized carbons (Fsp3) is 0.493. The Hall–Kier alpha value is -5.02. The summed E-state index contributed by atoms with van der Waals surface area (Å²) in [6, 6.07) is 47.5. The topological polar surface area (TPSA) is 6.48 Å². The Labute approximate surface area is 447 Å². The molecule has 13 rings (SSSR count). The van der Waals surface area contributed by atoms with E-state index in [9.17, 15) is 0 Å². The number of hydrogen-bond acceptors (Lipinski definition) is 2. The summed E-state index contributed by atoms with van der Waals surface area (Å²) in [6.45, 7) is 29.8. The Kier molecular flexibility index (Phi) is 11.2. The summed E-state index contributed by atoms with van der Waals surface area (Å²) in [5, 5.41) is 0. The predicted molar refractivity (Wildman–Crippen MR) is 318 cm³/mol. The lowest BCUT2D eigenvalue weighted by atomic mass is 9.32. The molecule has 4 atom stereocenters. The first kappa shape index (κ1) is 48.6. The van der Waals surface area contributed by atoms with E-state index in [1.807, 2.05) is 0 Å². The zero-order valence-corrected chi connectivity index (χ0v) is 47.4. The number of anilines is 6. The Morgan fingerprint density at radius 1 is 0.486 bits per heavy atom. The van der Waals surface area contributed by atoms with Crippen molar-refractivity contribution in [3.8, 4) is 11.1 Å². The van der Waals surface area contributed by atoms with Crippen molar-refractivity contribution in [2.45, 2.75) is 187 Å². The molecule has 0 N–H and O–H groups in total. The number of aryl methyl sites for hydroxylation is 1. The van der Waals surface area contributed by atoms with Gasteiger partial charge in [-0.1, -0.05) is 143 Å². The lowest BCUT2D eigenvalue weighted by Crippen LogP contribution is -2.62. The lowest BCUT2D eigenvalue weighted by Gasteiger charge is -2.51. The molecule has 5 aliphatic carbocycles. The molecule has 4 saturated carbocycles. The highest BCUT2D eigenvalue weighted by molar-refractivity contribution is 7.00. The van der Waals surface area contributed by atoms with Gasteiger partial charge in [0.05, 0.1) is 5.69 Å². The minimum absolute atomic E-state index is 0.000810. The minimum atomic E-state index is -0.000810. The molecule has 0 radical (unpaired) electrons. The molecular formula is C71H85BN2. The van der Waals surface area contributed by atoms with Crippen LogP contribution in [0.4, 0.5) is 34.1 Å². The van der Waals surface area contributed by atoms with E-state index < -0.39 is 0 Å². The van der Waals surface area contributed by atoms with Crippen molar-refractivity contribution < 1.29 is 0 Å². The summed E-state index contributed by atoms with van der Waals surface area (Å²) in [5.74, 6) is 4.75. The van der Waals surface area contributed by atoms with E-state index in [1.165, 1.54) is 155 Å². The molecule has 7 aliphatic rings. The van der Waals surface area contributed by atoms with Gasteiger partial charge in [-0.05, 0) is 250 Å². The Bertz CT molecular complexity index is 3150. The molecule has 74 heavy (non-hydrogen) atoms. The van der Waals surface area contributed by atoms with E-state index in [2.05, 4.69) is 208 Å². The molecule has 6 aromatic carbocycles. The van der Waals surface area contributed by atoms with Gasteiger partial charge in [0.1, 0.15) is 0 Å². The second-order valence-corrected chi connectivity index (χ2v) is 29.1. The van der Waals surface area contributed by atoms with Crippen LogP contribution in [0.2, 0.25) is 0 Å². The van der Waals surface area contributed by atoms with Crippen LogP contribution in [0.3, 0.4) is 0 Å². The maximum Gasteiger partial charge on any atom is 0.252 e. The number of benzene rings is 6. The van der Waals surface area contributed by atoms with Crippen LogP contribution in [0.15, 0.2) is 115 Å². The molecule has 0 spiro atoms. The predicted octanol–water partition coefficient (Wildman–Crippen LogP) is 17.6. The molecule has 6 aromatic rings. The van der Waals surface area contributed by atoms with Crippen molar-refractivity contribution >= 4 is 57.2 Å². The highest BCUT2D eigenvalue weighted by Gasteiger charge is 2.50. The molecule has 4 fully saturated rings. The van der Waals surface area contributed by atoms with Gasteiger partial charge < -0.3 is 9.80 Å². The third kappa shape index (κ3) is 7.75. The first-order chi connectivity index (χ1) is 35.2. The molecular weight excluding hydrogens is 892 g/mol. The lowest BCUT2D eigenvalue weighted by molar-refractivity contribution is 0.0779. The van der Waals surface area contributed by atoms with E-state index in [1.54, 1.807) is 16.7 Å². The summed E-state index contributed by atoms with van der Waals surface area (Å²) in [7, 11) is 0. The largest absolute Gasteiger partial charge is 0.311 e. The van der Waals surface area contributed by atoms with Crippen LogP contribution >= 0.6 is 0 Å². The normalized spacial score (nSPS) is 29.2. The molecule has 382 valence electrons. The highest BCUT2D eigenvalue weighted by atomic mass is 15.2. The maximum absolute atomic E-state index is 2.80. The SMILES string of the molecule is Cc1cc2c3c(c1)N(c1ccc(C(C)(C)C)cc1-c1ccccc1)c1cc4c(cc1B3c1cc(C35CC(C)CC(CC(C)C3)C5)ccc1N2c1ccc(C23CC(C)CC(CC(C)C2)C3)cc1)C(C)(C)CCC4(C)C. The molecule has 0 amide bonds. The molecule has 0 aromatic heterocycles. The van der Waals surface area contributed by atoms with Gasteiger partial charge in [0.25, 0.3) is 6.71 Å². The smallest absolute Gasteiger partial charge is 0.252 e. The van der Waals surface area contributed by atoms with Crippen molar-refractivity contribution in [1.29, 1.82) is 0 Å². The summed E-state index contributed by atoms with van der Waals surface area (Å²) in [5.41, 5.74) is 24.5. The Balaban J connectivity index is 1.09. The van der Waals surface area contributed by atoms with Crippen molar-refractivity contribution in [2.24, 2.45) is 35.5 Å². The monoisotopic (exact) mass is 977 g/mol. The van der Waals surface area contributed by atoms with Crippen molar-refractivity contribution in [2.75, 3.05) is 9.80 Å². The summed E-state index contributed by atoms with van der Waals surface area (Å²) >= 11 is 0. The third-order valence-electron chi connectivity index (χ3n) is 21.0. The maximum atomic E-state index is 2.80. The fourth-order valence-electron chi connectivity index (χ4n) is 18.2. The summed E-state index contributed by atoms with van der Waals surface area (Å²) in [6.07, 6.45) is 15.9. The second-order valence-electron chi connectivity index (χ2n) is 29.1. The molecule has 3 heteroatoms. The second kappa shape index (κ2) is 17.0. The molecule has 4 bridgehead atoms. The van der Waals surface area contributed by atoms with Gasteiger partial charge in [-0.2, -0.15) is 0 Å². The number of rotatable bonds is 5. The van der Waals surface area contributed by atoms with Crippen LogP contribution in [0.5, 0.6) is 0 Å². The first-order valence-electron chi connectivity index (χ1n) is 29.6. The zero-order chi connectivity index (χ0) is 51.4. The van der Waals surface area contributed by atoms with Crippen molar-refractivity contribution in [3.63, 3.8) is 0 Å². The Morgan fingerprint density at radius 3 is 1.58 bits per heavy atom. The average molecular weight is 977 g/mol. The molecule has 2 heterocycles. The van der Waals surface area contributed by atoms with Crippen LogP contribution < -0.4 is 26.2 Å². The van der Waals surface area contributed by atoms with Crippen LogP contribution in [0.25, 0.3) is 11.1 Å². The fourth-order valence-corrected chi connectivity index (χ4v) is 18.2. The van der Waals surface area contributed by atoms with Gasteiger partial charge in [-0.3, -0.25) is 0 Å². The summed E-state index contributed by atoms with van der Waals surface area (Å²) < 4.78 is 0. The van der Waals surface area contributed by atoms with Gasteiger partial charge in [0, 0.05) is 34.0 Å². The average Bonchev–Trinajstić information content (AvgIpc) is 3.34. The van der Waals surface area contributed by atoms with Crippen molar-refractivity contribution in [1.82, 2.24) is 0 Å². The molecule has 4 unspecified atom stereocenters. The number of fused-ring (bicyclic) bond motifs is 9. The van der Waals surface area contributed by atoms with Crippen LogP contribution in [-0.4, -0.2) is 6.71 Å². The van der Waals surface area contributed by atoms with Crippen molar-refractivity contribution in [3.05, 3.63) is 149 Å². The molecule has 2 nitrogen and oxygen atoms in total. The van der Waals surface area contributed by atoms with Gasteiger partial charge in [-0.25, -0.2) is 0 Å². The van der Waals surface area contributed by atoms with E-state index >= 15 is 0 Å². The standard InChI is InChI=1S/C71H85BN2/c1-44-32-64-66-65(33-44)74(61-24-20-53(67(6,7)8)34-56(61)51-16-14-13-15-17-51)63-37-58-57(68(9,10)26-27-69(58,11)12)36-60(63)72(66)59-35-54(71-40-47(4)30-50(43-71)31-48(5)41-71)21-25-62(59)73(64)55-22-18-52(19-23-55)70-38-45(2)28-49(42-70)29-46(3)39-70/h13-25,32-37,45-50H,26-31,38-43H2,1-12H3. The molecule has 0 saturated heterocycles. The minimum Gasteiger partial charge on any atom is -0.311 e. The Morgan fingerprint density at radius 2 is 1.00 bits per heavy atom. The van der Waals surface area contributed by atoms with Gasteiger partial charge in [0.15, 0.2) is 0 Å². The first-order valence-corrected chi connectivity index (χ1v) is 29.6. The van der Waals surface area contributed by atoms with Gasteiger partial charge >= 0.3 is 0 Å². The highest BCUT2D eigenvalue weighted by Crippen LogP contribution is 2.58. The van der Waals surface area contributed by atoms with E-state index in [0.717, 1.165) is 35.5 Å². The summed E-state index contributed by atoms with van der Waals surface area (Å²) in [4.78, 5) is 5.47. The zero-order valence-electron chi connectivity index (χ0n) is 47.4. The quantitative estimate of drug-likeness (QED) is 0.159. The van der Waals surface area contributed by atoms with Crippen LogP contribution in [-0.2, 0) is 27.1 Å². The van der Waals surface area contributed by atoms with Crippen LogP contribution in [0, 0.1) is 42.4 Å². The van der Waals surface area contributed by atoms with Gasteiger partial charge in [-0.15, -0.1) is 0 Å². The number of hydrogen-bond donors (Lipinski definition) is 0. The van der Waals surface area contributed by atoms with E-state index in [0.29, 0.717) is 0 Å². The third-order valence-corrected chi connectivity index (χ3v) is 21.0. The van der Waals surface area contributed by atoms with E-state index in [4.69, 9.17) is 0 Å². The van der Waals surface area contributed by atoms with Crippen LogP contribution in [0.1, 0.15) is 187 Å². The van der Waals surface area contributed by atoms with Gasteiger partial charge in [0.2, 0.25) is 0 Å².